The summed E-state index contributed by atoms with van der Waals surface area (Å²) in [4.78, 5) is 24.2. The predicted octanol–water partition coefficient (Wildman–Crippen LogP) is 8.07. The van der Waals surface area contributed by atoms with Crippen molar-refractivity contribution in [2.24, 2.45) is 0 Å². The van der Waals surface area contributed by atoms with Crippen molar-refractivity contribution < 1.29 is 35.9 Å². The van der Waals surface area contributed by atoms with Gasteiger partial charge in [-0.15, -0.1) is 0 Å². The molecule has 2 rings (SSSR count). The molecule has 0 saturated carbocycles. The summed E-state index contributed by atoms with van der Waals surface area (Å²) in [7, 11) is 0. The van der Waals surface area contributed by atoms with Gasteiger partial charge in [0.15, 0.2) is 0 Å². The van der Waals surface area contributed by atoms with Crippen molar-refractivity contribution in [2.75, 3.05) is 0 Å². The van der Waals surface area contributed by atoms with Gasteiger partial charge in [-0.1, -0.05) is 35.9 Å². The maximum atomic E-state index is 13.8. The zero-order chi connectivity index (χ0) is 28.1. The van der Waals surface area contributed by atoms with E-state index in [2.05, 4.69) is 42.5 Å². The zero-order valence-electron chi connectivity index (χ0n) is 19.3. The lowest BCUT2D eigenvalue weighted by Crippen LogP contribution is -2.46. The molecular weight excluding hydrogens is 658 g/mol. The number of rotatable bonds is 8. The van der Waals surface area contributed by atoms with E-state index < -0.39 is 49.1 Å². The molecule has 0 bridgehead atoms. The Balaban J connectivity index is 2.13. The van der Waals surface area contributed by atoms with Crippen LogP contribution >= 0.6 is 43.5 Å². The Hall–Kier alpha value is -2.05. The molecule has 0 aliphatic rings. The van der Waals surface area contributed by atoms with E-state index in [1.165, 1.54) is 43.3 Å². The molecule has 37 heavy (non-hydrogen) atoms. The highest BCUT2D eigenvalue weighted by molar-refractivity contribution is 9.11. The first-order valence-electron chi connectivity index (χ1n) is 10.6. The van der Waals surface area contributed by atoms with Crippen LogP contribution in [0.15, 0.2) is 45.4 Å². The van der Waals surface area contributed by atoms with Gasteiger partial charge in [-0.2, -0.15) is 26.3 Å². The van der Waals surface area contributed by atoms with Gasteiger partial charge in [0.2, 0.25) is 5.91 Å². The molecule has 0 heterocycles. The Kier molecular flexibility index (Phi) is 10.7. The Labute approximate surface area is 231 Å². The third kappa shape index (κ3) is 9.64. The van der Waals surface area contributed by atoms with Gasteiger partial charge < -0.3 is 10.6 Å². The number of hydrogen-bond acceptors (Lipinski definition) is 2. The van der Waals surface area contributed by atoms with E-state index in [4.69, 9.17) is 11.6 Å². The van der Waals surface area contributed by atoms with Crippen LogP contribution < -0.4 is 10.6 Å². The minimum Gasteiger partial charge on any atom is -0.336 e. The van der Waals surface area contributed by atoms with Crippen LogP contribution in [-0.2, 0) is 4.79 Å². The van der Waals surface area contributed by atoms with Gasteiger partial charge >= 0.3 is 12.4 Å². The van der Waals surface area contributed by atoms with Crippen molar-refractivity contribution in [3.63, 3.8) is 0 Å². The maximum Gasteiger partial charge on any atom is 0.399 e. The van der Waals surface area contributed by atoms with Crippen LogP contribution in [-0.4, -0.2) is 30.3 Å². The first-order chi connectivity index (χ1) is 17.0. The van der Waals surface area contributed by atoms with E-state index in [0.29, 0.717) is 20.1 Å². The van der Waals surface area contributed by atoms with Crippen LogP contribution in [0.2, 0.25) is 5.02 Å². The standard InChI is InChI=1S/C24H21Br2ClF6N2O2/c1-12-9-14(4-6-17(24(31,32)33)15-10-18(25)21(27)19(26)11-15)3-5-16(12)22(37)35-13(2)34-20(36)7-8-23(28,29)30/h3-6,9-11,13,17H,7-8H2,1-2H3,(H,34,36)(H,35,37)/b6-4+/t13-,17?/m1/s1. The minimum absolute atomic E-state index is 0.0362. The second-order valence-electron chi connectivity index (χ2n) is 8.13. The molecule has 0 aliphatic heterocycles. The van der Waals surface area contributed by atoms with Gasteiger partial charge in [-0.25, -0.2) is 0 Å². The van der Waals surface area contributed by atoms with Crippen LogP contribution in [0.5, 0.6) is 0 Å². The largest absolute Gasteiger partial charge is 0.399 e. The van der Waals surface area contributed by atoms with Crippen LogP contribution in [0, 0.1) is 6.92 Å². The average molecular weight is 679 g/mol. The van der Waals surface area contributed by atoms with Gasteiger partial charge in [-0.05, 0) is 80.6 Å². The van der Waals surface area contributed by atoms with Crippen LogP contribution in [0.25, 0.3) is 6.08 Å². The number of carbonyl (C=O) groups excluding carboxylic acids is 2. The second kappa shape index (κ2) is 12.7. The number of benzene rings is 2. The molecule has 2 atom stereocenters. The summed E-state index contributed by atoms with van der Waals surface area (Å²) in [6, 6.07) is 6.94. The first-order valence-corrected chi connectivity index (χ1v) is 12.6. The fourth-order valence-electron chi connectivity index (χ4n) is 3.30. The number of nitrogens with one attached hydrogen (secondary N) is 2. The average Bonchev–Trinajstić information content (AvgIpc) is 2.74. The number of carbonyl (C=O) groups is 2. The van der Waals surface area contributed by atoms with Crippen molar-refractivity contribution >= 4 is 61.4 Å². The van der Waals surface area contributed by atoms with Gasteiger partial charge in [-0.3, -0.25) is 9.59 Å². The monoisotopic (exact) mass is 676 g/mol. The zero-order valence-corrected chi connectivity index (χ0v) is 23.3. The Bertz CT molecular complexity index is 1160. The lowest BCUT2D eigenvalue weighted by atomic mass is 9.96. The van der Waals surface area contributed by atoms with Crippen molar-refractivity contribution in [1.82, 2.24) is 10.6 Å². The summed E-state index contributed by atoms with van der Waals surface area (Å²) in [5.74, 6) is -3.41. The molecular formula is C24H21Br2ClF6N2O2. The molecule has 0 radical (unpaired) electrons. The smallest absolute Gasteiger partial charge is 0.336 e. The molecule has 2 aromatic carbocycles. The van der Waals surface area contributed by atoms with E-state index >= 15 is 0 Å². The number of amides is 2. The number of halogens is 9. The number of alkyl halides is 6. The molecule has 0 aliphatic carbocycles. The van der Waals surface area contributed by atoms with Crippen molar-refractivity contribution in [1.29, 1.82) is 0 Å². The number of hydrogen-bond donors (Lipinski definition) is 2. The van der Waals surface area contributed by atoms with Gasteiger partial charge in [0.05, 0.1) is 23.5 Å². The Morgan fingerprint density at radius 1 is 1.03 bits per heavy atom. The topological polar surface area (TPSA) is 58.2 Å². The highest BCUT2D eigenvalue weighted by Gasteiger charge is 2.39. The van der Waals surface area contributed by atoms with E-state index in [-0.39, 0.29) is 16.1 Å². The van der Waals surface area contributed by atoms with Gasteiger partial charge in [0, 0.05) is 20.9 Å². The third-order valence-corrected chi connectivity index (χ3v) is 7.17. The van der Waals surface area contributed by atoms with E-state index in [1.807, 2.05) is 0 Å². The first kappa shape index (κ1) is 31.2. The molecule has 202 valence electrons. The van der Waals surface area contributed by atoms with Crippen molar-refractivity contribution in [2.45, 2.75) is 51.1 Å². The summed E-state index contributed by atoms with van der Waals surface area (Å²) >= 11 is 12.3. The predicted molar refractivity (Wildman–Crippen MR) is 136 cm³/mol. The summed E-state index contributed by atoms with van der Waals surface area (Å²) in [6.07, 6.45) is -9.78. The van der Waals surface area contributed by atoms with Crippen LogP contribution in [0.1, 0.15) is 52.7 Å². The van der Waals surface area contributed by atoms with Crippen LogP contribution in [0.3, 0.4) is 0 Å². The number of aryl methyl sites for hydroxylation is 1. The molecule has 13 heteroatoms. The highest BCUT2D eigenvalue weighted by Crippen LogP contribution is 2.41. The van der Waals surface area contributed by atoms with Crippen molar-refractivity contribution in [3.8, 4) is 0 Å². The quantitative estimate of drug-likeness (QED) is 0.169. The van der Waals surface area contributed by atoms with Gasteiger partial charge in [0.25, 0.3) is 5.91 Å². The Morgan fingerprint density at radius 3 is 2.14 bits per heavy atom. The van der Waals surface area contributed by atoms with Crippen molar-refractivity contribution in [3.05, 3.63) is 72.6 Å². The summed E-state index contributed by atoms with van der Waals surface area (Å²) in [5.41, 5.74) is 0.997. The molecule has 0 fully saturated rings. The molecule has 4 nitrogen and oxygen atoms in total. The highest BCUT2D eigenvalue weighted by atomic mass is 79.9. The lowest BCUT2D eigenvalue weighted by Gasteiger charge is -2.19. The fourth-order valence-corrected chi connectivity index (χ4v) is 4.63. The second-order valence-corrected chi connectivity index (χ2v) is 10.2. The third-order valence-electron chi connectivity index (χ3n) is 5.05. The lowest BCUT2D eigenvalue weighted by molar-refractivity contribution is -0.144. The minimum atomic E-state index is -4.58. The fraction of sp³-hybridized carbons (Fsp3) is 0.333. The number of allylic oxidation sites excluding steroid dienone is 1. The molecule has 1 unspecified atom stereocenters. The van der Waals surface area contributed by atoms with Gasteiger partial charge in [0.1, 0.15) is 0 Å². The molecule has 0 spiro atoms. The normalized spacial score (nSPS) is 13.9. The maximum absolute atomic E-state index is 13.8. The summed E-state index contributed by atoms with van der Waals surface area (Å²) in [6.45, 7) is 2.97. The Morgan fingerprint density at radius 2 is 1.62 bits per heavy atom. The van der Waals surface area contributed by atoms with E-state index in [1.54, 1.807) is 6.92 Å². The van der Waals surface area contributed by atoms with Crippen LogP contribution in [0.4, 0.5) is 26.3 Å². The van der Waals surface area contributed by atoms with E-state index in [9.17, 15) is 35.9 Å². The van der Waals surface area contributed by atoms with E-state index in [0.717, 1.165) is 6.08 Å². The molecule has 0 saturated heterocycles. The summed E-state index contributed by atoms with van der Waals surface area (Å²) in [5, 5.41) is 4.95. The SMILES string of the molecule is Cc1cc(/C=C/C(c2cc(Br)c(Cl)c(Br)c2)C(F)(F)F)ccc1C(=O)N[C@H](C)NC(=O)CCC(F)(F)F. The molecule has 2 N–H and O–H groups in total. The molecule has 0 aromatic heterocycles. The summed E-state index contributed by atoms with van der Waals surface area (Å²) < 4.78 is 78.7. The molecule has 2 amide bonds. The molecule has 2 aromatic rings.